The maximum atomic E-state index is 11.3. The third kappa shape index (κ3) is 2.98. The van der Waals surface area contributed by atoms with E-state index in [1.807, 2.05) is 0 Å². The zero-order valence-electron chi connectivity index (χ0n) is 12.7. The summed E-state index contributed by atoms with van der Waals surface area (Å²) >= 11 is 0. The van der Waals surface area contributed by atoms with Gasteiger partial charge in [0.1, 0.15) is 5.69 Å². The molecule has 0 aromatic heterocycles. The van der Waals surface area contributed by atoms with Crippen LogP contribution in [0.5, 0.6) is 0 Å². The van der Waals surface area contributed by atoms with Crippen LogP contribution >= 0.6 is 0 Å². The Bertz CT molecular complexity index is 412. The minimum absolute atomic E-state index is 0.0611. The molecule has 1 aromatic rings. The molecule has 0 atom stereocenters. The second kappa shape index (κ2) is 4.83. The van der Waals surface area contributed by atoms with Gasteiger partial charge in [-0.3, -0.25) is 0 Å². The van der Waals surface area contributed by atoms with E-state index in [0.717, 1.165) is 17.5 Å². The molecule has 0 aliphatic heterocycles. The van der Waals surface area contributed by atoms with Crippen LogP contribution in [-0.2, 0) is 17.3 Å². The van der Waals surface area contributed by atoms with Gasteiger partial charge in [0.25, 0.3) is 0 Å². The highest BCUT2D eigenvalue weighted by molar-refractivity contribution is 5.59. The van der Waals surface area contributed by atoms with E-state index in [-0.39, 0.29) is 10.8 Å². The molecule has 0 unspecified atom stereocenters. The molecule has 2 nitrogen and oxygen atoms in total. The minimum Gasteiger partial charge on any atom is -0.145 e. The highest BCUT2D eigenvalue weighted by Crippen LogP contribution is 2.40. The van der Waals surface area contributed by atoms with Gasteiger partial charge in [0.05, 0.1) is 0 Å². The molecule has 0 fully saturated rings. The molecule has 0 spiro atoms. The topological polar surface area (TPSA) is 29.4 Å². The van der Waals surface area contributed by atoms with Crippen molar-refractivity contribution < 1.29 is 0 Å². The third-order valence-corrected chi connectivity index (χ3v) is 3.29. The maximum absolute atomic E-state index is 11.3. The van der Waals surface area contributed by atoms with Crippen molar-refractivity contribution in [3.8, 4) is 0 Å². The van der Waals surface area contributed by atoms with Crippen LogP contribution in [0.15, 0.2) is 17.3 Å². The van der Waals surface area contributed by atoms with Crippen LogP contribution in [0.1, 0.15) is 65.2 Å². The lowest BCUT2D eigenvalue weighted by Gasteiger charge is -2.28. The van der Waals surface area contributed by atoms with Gasteiger partial charge < -0.3 is 0 Å². The fraction of sp³-hybridized carbons (Fsp3) is 0.625. The molecule has 0 saturated carbocycles. The first kappa shape index (κ1) is 14.9. The molecule has 0 saturated heterocycles. The van der Waals surface area contributed by atoms with Crippen LogP contribution < -0.4 is 0 Å². The number of nitroso groups, excluding NO2 is 1. The molecule has 1 rings (SSSR count). The molecule has 0 aliphatic rings. The lowest BCUT2D eigenvalue weighted by atomic mass is 9.77. The van der Waals surface area contributed by atoms with Gasteiger partial charge in [-0.25, -0.2) is 0 Å². The van der Waals surface area contributed by atoms with E-state index in [0.29, 0.717) is 5.69 Å². The molecule has 2 heteroatoms. The first-order chi connectivity index (χ1) is 8.11. The Balaban J connectivity index is 3.66. The summed E-state index contributed by atoms with van der Waals surface area (Å²) in [6, 6.07) is 4.26. The predicted octanol–water partition coefficient (Wildman–Crippen LogP) is 5.24. The summed E-state index contributed by atoms with van der Waals surface area (Å²) in [7, 11) is 0. The van der Waals surface area contributed by atoms with Gasteiger partial charge in [-0.2, -0.15) is 0 Å². The van der Waals surface area contributed by atoms with Crippen molar-refractivity contribution in [1.82, 2.24) is 0 Å². The quantitative estimate of drug-likeness (QED) is 0.657. The summed E-state index contributed by atoms with van der Waals surface area (Å²) in [6.07, 6.45) is 0.977. The van der Waals surface area contributed by atoms with E-state index < -0.39 is 0 Å². The van der Waals surface area contributed by atoms with Crippen LogP contribution in [-0.4, -0.2) is 0 Å². The Morgan fingerprint density at radius 2 is 1.33 bits per heavy atom. The predicted molar refractivity (Wildman–Crippen MR) is 78.7 cm³/mol. The van der Waals surface area contributed by atoms with E-state index in [4.69, 9.17) is 0 Å². The third-order valence-electron chi connectivity index (χ3n) is 3.29. The van der Waals surface area contributed by atoms with E-state index in [2.05, 4.69) is 65.8 Å². The molecule has 0 N–H and O–H groups in total. The van der Waals surface area contributed by atoms with Gasteiger partial charge in [-0.1, -0.05) is 60.6 Å². The van der Waals surface area contributed by atoms with Crippen LogP contribution in [0.25, 0.3) is 0 Å². The molecular weight excluding hydrogens is 222 g/mol. The Kier molecular flexibility index (Phi) is 3.99. The minimum atomic E-state index is -0.0611. The first-order valence-corrected chi connectivity index (χ1v) is 6.62. The molecule has 100 valence electrons. The Hall–Kier alpha value is -1.18. The maximum Gasteiger partial charge on any atom is 0.115 e. The lowest BCUT2D eigenvalue weighted by molar-refractivity contribution is 0.569. The number of rotatable bonds is 2. The first-order valence-electron chi connectivity index (χ1n) is 6.62. The van der Waals surface area contributed by atoms with Crippen LogP contribution in [0.3, 0.4) is 0 Å². The Morgan fingerprint density at radius 3 is 1.56 bits per heavy atom. The number of aryl methyl sites for hydroxylation is 1. The Morgan fingerprint density at radius 1 is 0.944 bits per heavy atom. The van der Waals surface area contributed by atoms with Gasteiger partial charge in [-0.15, -0.1) is 4.91 Å². The molecule has 18 heavy (non-hydrogen) atoms. The van der Waals surface area contributed by atoms with Gasteiger partial charge in [-0.05, 0) is 39.1 Å². The highest BCUT2D eigenvalue weighted by atomic mass is 16.3. The SMILES string of the molecule is CCc1cc(C(C)(C)C)c(N=O)c(C(C)(C)C)c1. The number of benzene rings is 1. The molecule has 1 aromatic carbocycles. The van der Waals surface area contributed by atoms with Gasteiger partial charge in [0, 0.05) is 0 Å². The van der Waals surface area contributed by atoms with E-state index in [1.165, 1.54) is 5.56 Å². The van der Waals surface area contributed by atoms with Crippen molar-refractivity contribution in [2.24, 2.45) is 5.18 Å². The number of nitrogens with zero attached hydrogens (tertiary/aromatic N) is 1. The fourth-order valence-electron chi connectivity index (χ4n) is 2.14. The molecule has 0 radical (unpaired) electrons. The number of hydrogen-bond donors (Lipinski definition) is 0. The average Bonchev–Trinajstić information content (AvgIpc) is 2.24. The summed E-state index contributed by atoms with van der Waals surface area (Å²) in [5, 5.41) is 3.33. The molecule has 0 amide bonds. The largest absolute Gasteiger partial charge is 0.145 e. The smallest absolute Gasteiger partial charge is 0.115 e. The second-order valence-corrected chi connectivity index (χ2v) is 6.98. The van der Waals surface area contributed by atoms with E-state index in [9.17, 15) is 4.91 Å². The van der Waals surface area contributed by atoms with Crippen molar-refractivity contribution in [3.05, 3.63) is 33.7 Å². The van der Waals surface area contributed by atoms with Crippen molar-refractivity contribution in [3.63, 3.8) is 0 Å². The Labute approximate surface area is 111 Å². The zero-order valence-corrected chi connectivity index (χ0v) is 12.7. The van der Waals surface area contributed by atoms with Crippen molar-refractivity contribution in [2.75, 3.05) is 0 Å². The summed E-state index contributed by atoms with van der Waals surface area (Å²) in [5.74, 6) is 0. The summed E-state index contributed by atoms with van der Waals surface area (Å²) < 4.78 is 0. The van der Waals surface area contributed by atoms with E-state index in [1.54, 1.807) is 0 Å². The van der Waals surface area contributed by atoms with Crippen LogP contribution in [0, 0.1) is 4.91 Å². The zero-order chi connectivity index (χ0) is 14.1. The van der Waals surface area contributed by atoms with Crippen LogP contribution in [0.2, 0.25) is 0 Å². The van der Waals surface area contributed by atoms with Crippen molar-refractivity contribution in [2.45, 2.75) is 65.7 Å². The summed E-state index contributed by atoms with van der Waals surface area (Å²) in [4.78, 5) is 11.3. The summed E-state index contributed by atoms with van der Waals surface area (Å²) in [6.45, 7) is 14.9. The molecule has 0 bridgehead atoms. The second-order valence-electron chi connectivity index (χ2n) is 6.98. The van der Waals surface area contributed by atoms with Crippen molar-refractivity contribution in [1.29, 1.82) is 0 Å². The van der Waals surface area contributed by atoms with E-state index >= 15 is 0 Å². The molecular formula is C16H25NO. The van der Waals surface area contributed by atoms with Gasteiger partial charge >= 0.3 is 0 Å². The molecule has 0 heterocycles. The lowest BCUT2D eigenvalue weighted by Crippen LogP contribution is -2.17. The average molecular weight is 247 g/mol. The summed E-state index contributed by atoms with van der Waals surface area (Å²) in [5.41, 5.74) is 3.90. The standard InChI is InChI=1S/C16H25NO/c1-8-11-9-12(15(2,3)4)14(17-18)13(10-11)16(5,6)7/h9-10H,8H2,1-7H3. The van der Waals surface area contributed by atoms with Gasteiger partial charge in [0.15, 0.2) is 0 Å². The highest BCUT2D eigenvalue weighted by Gasteiger charge is 2.27. The van der Waals surface area contributed by atoms with Gasteiger partial charge in [0.2, 0.25) is 0 Å². The van der Waals surface area contributed by atoms with Crippen molar-refractivity contribution >= 4 is 5.69 Å². The molecule has 0 aliphatic carbocycles. The monoisotopic (exact) mass is 247 g/mol. The fourth-order valence-corrected chi connectivity index (χ4v) is 2.14. The normalized spacial score (nSPS) is 12.6. The van der Waals surface area contributed by atoms with Crippen LogP contribution in [0.4, 0.5) is 5.69 Å². The number of hydrogen-bond acceptors (Lipinski definition) is 2.